The third kappa shape index (κ3) is 7.92. The molecule has 0 aliphatic rings. The third-order valence-electron chi connectivity index (χ3n) is 6.38. The summed E-state index contributed by atoms with van der Waals surface area (Å²) in [7, 11) is 0. The highest BCUT2D eigenvalue weighted by atomic mass is 127. The van der Waals surface area contributed by atoms with Crippen molar-refractivity contribution in [1.29, 1.82) is 0 Å². The molecule has 2 heterocycles. The van der Waals surface area contributed by atoms with Gasteiger partial charge < -0.3 is 23.8 Å². The number of benzene rings is 3. The van der Waals surface area contributed by atoms with E-state index in [4.69, 9.17) is 13.9 Å². The maximum absolute atomic E-state index is 12.5. The number of hydrazone groups is 1. The van der Waals surface area contributed by atoms with Gasteiger partial charge in [-0.2, -0.15) is 5.10 Å². The Kier molecular flexibility index (Phi) is 9.57. The summed E-state index contributed by atoms with van der Waals surface area (Å²) in [4.78, 5) is 24.6. The van der Waals surface area contributed by atoms with Gasteiger partial charge in [-0.3, -0.25) is 9.59 Å². The first-order valence-electron chi connectivity index (χ1n) is 13.4. The van der Waals surface area contributed by atoms with E-state index in [1.54, 1.807) is 24.3 Å². The first kappa shape index (κ1) is 29.6. The molecule has 0 spiro atoms. The minimum absolute atomic E-state index is 0.120. The Hall–Kier alpha value is -4.84. The fourth-order valence-electron chi connectivity index (χ4n) is 4.30. The standard InChI is InChI=1S/C33H29IN4O5/c1-22-8-9-23(2)38(22)26-11-13-27(14-12-26)41-20-28-15-17-31(43-28)33(40)37-35-19-24-10-16-30(29(34)18-24)42-21-32(39)36-25-6-4-3-5-7-25/h3-19H,20-21H2,1-2H3,(H,36,39)(H,37,40)/b35-19+. The number of carbonyl (C=O) groups excluding carboxylic acids is 2. The monoisotopic (exact) mass is 688 g/mol. The maximum atomic E-state index is 12.5. The lowest BCUT2D eigenvalue weighted by Gasteiger charge is -2.10. The smallest absolute Gasteiger partial charge is 0.307 e. The number of amides is 2. The van der Waals surface area contributed by atoms with Gasteiger partial charge in [-0.05, 0) is 121 Å². The molecule has 218 valence electrons. The molecule has 0 bridgehead atoms. The van der Waals surface area contributed by atoms with E-state index in [1.807, 2.05) is 60.7 Å². The lowest BCUT2D eigenvalue weighted by molar-refractivity contribution is -0.118. The van der Waals surface area contributed by atoms with Crippen molar-refractivity contribution in [2.75, 3.05) is 11.9 Å². The number of rotatable bonds is 11. The van der Waals surface area contributed by atoms with Crippen LogP contribution >= 0.6 is 22.6 Å². The van der Waals surface area contributed by atoms with Crippen molar-refractivity contribution < 1.29 is 23.5 Å². The number of aromatic nitrogens is 1. The largest absolute Gasteiger partial charge is 0.486 e. The second kappa shape index (κ2) is 13.9. The predicted octanol–water partition coefficient (Wildman–Crippen LogP) is 6.65. The summed E-state index contributed by atoms with van der Waals surface area (Å²) in [6, 6.07) is 29.8. The highest BCUT2D eigenvalue weighted by Crippen LogP contribution is 2.22. The Bertz CT molecular complexity index is 1720. The van der Waals surface area contributed by atoms with Gasteiger partial charge in [0.2, 0.25) is 0 Å². The summed E-state index contributed by atoms with van der Waals surface area (Å²) in [6.45, 7) is 4.20. The lowest BCUT2D eigenvalue weighted by Crippen LogP contribution is -2.20. The number of nitrogens with zero attached hydrogens (tertiary/aromatic N) is 2. The number of anilines is 1. The molecule has 10 heteroatoms. The van der Waals surface area contributed by atoms with Crippen molar-refractivity contribution in [1.82, 2.24) is 9.99 Å². The summed E-state index contributed by atoms with van der Waals surface area (Å²) in [5.41, 5.74) is 7.31. The number of ether oxygens (including phenoxy) is 2. The van der Waals surface area contributed by atoms with E-state index in [9.17, 15) is 9.59 Å². The zero-order valence-corrected chi connectivity index (χ0v) is 25.7. The van der Waals surface area contributed by atoms with Gasteiger partial charge in [0.15, 0.2) is 12.4 Å². The Morgan fingerprint density at radius 2 is 1.65 bits per heavy atom. The second-order valence-corrected chi connectivity index (χ2v) is 10.8. The van der Waals surface area contributed by atoms with Gasteiger partial charge in [0.05, 0.1) is 9.78 Å². The van der Waals surface area contributed by atoms with E-state index in [0.717, 1.165) is 26.2 Å². The maximum Gasteiger partial charge on any atom is 0.307 e. The van der Waals surface area contributed by atoms with Gasteiger partial charge in [-0.25, -0.2) is 5.43 Å². The molecule has 0 saturated heterocycles. The zero-order chi connectivity index (χ0) is 30.2. The number of aryl methyl sites for hydroxylation is 2. The molecule has 0 aliphatic heterocycles. The number of para-hydroxylation sites is 1. The van der Waals surface area contributed by atoms with Crippen LogP contribution in [-0.4, -0.2) is 29.2 Å². The molecular formula is C33H29IN4O5. The highest BCUT2D eigenvalue weighted by Gasteiger charge is 2.12. The third-order valence-corrected chi connectivity index (χ3v) is 7.23. The molecule has 0 saturated carbocycles. The summed E-state index contributed by atoms with van der Waals surface area (Å²) >= 11 is 2.12. The van der Waals surface area contributed by atoms with Crippen molar-refractivity contribution in [3.05, 3.63) is 129 Å². The average Bonchev–Trinajstić information content (AvgIpc) is 3.62. The van der Waals surface area contributed by atoms with Crippen LogP contribution in [0.25, 0.3) is 5.69 Å². The molecule has 5 rings (SSSR count). The number of halogens is 1. The van der Waals surface area contributed by atoms with Gasteiger partial charge in [0.25, 0.3) is 5.91 Å². The molecule has 2 aromatic heterocycles. The van der Waals surface area contributed by atoms with Crippen LogP contribution in [0.3, 0.4) is 0 Å². The first-order valence-corrected chi connectivity index (χ1v) is 14.5. The van der Waals surface area contributed by atoms with E-state index >= 15 is 0 Å². The molecule has 9 nitrogen and oxygen atoms in total. The van der Waals surface area contributed by atoms with Crippen LogP contribution in [0.4, 0.5) is 5.69 Å². The van der Waals surface area contributed by atoms with E-state index < -0.39 is 5.91 Å². The molecule has 2 amide bonds. The molecule has 0 atom stereocenters. The predicted molar refractivity (Wildman–Crippen MR) is 173 cm³/mol. The number of carbonyl (C=O) groups is 2. The Morgan fingerprint density at radius 3 is 2.37 bits per heavy atom. The van der Waals surface area contributed by atoms with Crippen LogP contribution in [0.2, 0.25) is 0 Å². The van der Waals surface area contributed by atoms with Crippen molar-refractivity contribution in [2.24, 2.45) is 5.10 Å². The average molecular weight is 689 g/mol. The highest BCUT2D eigenvalue weighted by molar-refractivity contribution is 14.1. The molecule has 0 fully saturated rings. The molecule has 3 aromatic carbocycles. The fraction of sp³-hybridized carbons (Fsp3) is 0.121. The van der Waals surface area contributed by atoms with Crippen LogP contribution < -0.4 is 20.2 Å². The summed E-state index contributed by atoms with van der Waals surface area (Å²) in [6.07, 6.45) is 1.51. The number of hydrogen-bond donors (Lipinski definition) is 2. The Labute approximate surface area is 262 Å². The summed E-state index contributed by atoms with van der Waals surface area (Å²) < 4.78 is 20.1. The van der Waals surface area contributed by atoms with Gasteiger partial charge in [0, 0.05) is 22.8 Å². The van der Waals surface area contributed by atoms with Crippen LogP contribution in [0.5, 0.6) is 11.5 Å². The summed E-state index contributed by atoms with van der Waals surface area (Å²) in [5.74, 6) is 1.16. The van der Waals surface area contributed by atoms with Crippen molar-refractivity contribution in [3.63, 3.8) is 0 Å². The molecular weight excluding hydrogens is 659 g/mol. The van der Waals surface area contributed by atoms with Crippen molar-refractivity contribution >= 4 is 46.3 Å². The van der Waals surface area contributed by atoms with Crippen molar-refractivity contribution in [3.8, 4) is 17.2 Å². The number of nitrogens with one attached hydrogen (secondary N) is 2. The second-order valence-electron chi connectivity index (χ2n) is 9.59. The Balaban J connectivity index is 1.08. The number of hydrogen-bond acceptors (Lipinski definition) is 6. The fourth-order valence-corrected chi connectivity index (χ4v) is 4.99. The van der Waals surface area contributed by atoms with Gasteiger partial charge in [0.1, 0.15) is 23.9 Å². The van der Waals surface area contributed by atoms with E-state index in [1.165, 1.54) is 6.21 Å². The molecule has 43 heavy (non-hydrogen) atoms. The molecule has 0 radical (unpaired) electrons. The molecule has 2 N–H and O–H groups in total. The lowest BCUT2D eigenvalue weighted by atomic mass is 10.2. The van der Waals surface area contributed by atoms with Crippen LogP contribution in [0.15, 0.2) is 107 Å². The number of furan rings is 1. The summed E-state index contributed by atoms with van der Waals surface area (Å²) in [5, 5.41) is 6.81. The van der Waals surface area contributed by atoms with E-state index in [0.29, 0.717) is 22.9 Å². The molecule has 0 aliphatic carbocycles. The first-order chi connectivity index (χ1) is 20.9. The van der Waals surface area contributed by atoms with E-state index in [-0.39, 0.29) is 24.9 Å². The SMILES string of the molecule is Cc1ccc(C)n1-c1ccc(OCc2ccc(C(=O)N/N=C/c3ccc(OCC(=O)Nc4ccccc4)c(I)c3)o2)cc1. The van der Waals surface area contributed by atoms with Gasteiger partial charge >= 0.3 is 5.91 Å². The van der Waals surface area contributed by atoms with Gasteiger partial charge in [-0.1, -0.05) is 18.2 Å². The zero-order valence-electron chi connectivity index (χ0n) is 23.5. The van der Waals surface area contributed by atoms with Crippen LogP contribution in [0, 0.1) is 17.4 Å². The minimum Gasteiger partial charge on any atom is -0.486 e. The van der Waals surface area contributed by atoms with E-state index in [2.05, 4.69) is 69.0 Å². The van der Waals surface area contributed by atoms with Gasteiger partial charge in [-0.15, -0.1) is 0 Å². The quantitative estimate of drug-likeness (QED) is 0.0919. The minimum atomic E-state index is -0.483. The molecule has 0 unspecified atom stereocenters. The van der Waals surface area contributed by atoms with Crippen LogP contribution in [0.1, 0.15) is 33.3 Å². The van der Waals surface area contributed by atoms with Crippen molar-refractivity contribution in [2.45, 2.75) is 20.5 Å². The Morgan fingerprint density at radius 1 is 0.907 bits per heavy atom. The van der Waals surface area contributed by atoms with Crippen LogP contribution in [-0.2, 0) is 11.4 Å². The normalized spacial score (nSPS) is 11.0. The topological polar surface area (TPSA) is 107 Å². The molecule has 5 aromatic rings.